The van der Waals surface area contributed by atoms with E-state index in [-0.39, 0.29) is 0 Å². The Labute approximate surface area is 80.0 Å². The molecule has 4 atom stereocenters. The summed E-state index contributed by atoms with van der Waals surface area (Å²) >= 11 is 0. The molecule has 0 aliphatic heterocycles. The van der Waals surface area contributed by atoms with Gasteiger partial charge in [-0.15, -0.1) is 0 Å². The van der Waals surface area contributed by atoms with Crippen molar-refractivity contribution in [1.29, 1.82) is 0 Å². The van der Waals surface area contributed by atoms with Gasteiger partial charge < -0.3 is 10.2 Å². The lowest BCUT2D eigenvalue weighted by Crippen LogP contribution is -2.43. The van der Waals surface area contributed by atoms with E-state index in [0.29, 0.717) is 11.8 Å². The Morgan fingerprint density at radius 1 is 1.23 bits per heavy atom. The van der Waals surface area contributed by atoms with Gasteiger partial charge in [0.25, 0.3) is 0 Å². The van der Waals surface area contributed by atoms with Crippen LogP contribution in [0.2, 0.25) is 0 Å². The van der Waals surface area contributed by atoms with Gasteiger partial charge in [0.2, 0.25) is 0 Å². The molecule has 2 rings (SSSR count). The molecule has 0 saturated heterocycles. The van der Waals surface area contributed by atoms with Crippen LogP contribution in [-0.2, 0) is 0 Å². The lowest BCUT2D eigenvalue weighted by Gasteiger charge is -2.34. The third-order valence-corrected chi connectivity index (χ3v) is 3.92. The Morgan fingerprint density at radius 3 is 2.31 bits per heavy atom. The molecule has 2 fully saturated rings. The van der Waals surface area contributed by atoms with Crippen molar-refractivity contribution in [3.8, 4) is 0 Å². The van der Waals surface area contributed by atoms with Crippen molar-refractivity contribution < 1.29 is 10.2 Å². The van der Waals surface area contributed by atoms with Crippen LogP contribution in [0.3, 0.4) is 0 Å². The van der Waals surface area contributed by atoms with E-state index in [1.165, 1.54) is 19.3 Å². The van der Waals surface area contributed by atoms with Gasteiger partial charge in [-0.1, -0.05) is 6.42 Å². The number of rotatable bonds is 2. The highest BCUT2D eigenvalue weighted by molar-refractivity contribution is 4.96. The largest absolute Gasteiger partial charge is 0.390 e. The van der Waals surface area contributed by atoms with Gasteiger partial charge in [-0.25, -0.2) is 0 Å². The summed E-state index contributed by atoms with van der Waals surface area (Å²) in [7, 11) is 0. The number of hydrogen-bond acceptors (Lipinski definition) is 2. The molecular weight excluding hydrogens is 164 g/mol. The molecule has 0 heterocycles. The molecule has 0 radical (unpaired) electrons. The highest BCUT2D eigenvalue weighted by Gasteiger charge is 2.46. The van der Waals surface area contributed by atoms with Crippen LogP contribution < -0.4 is 0 Å². The Hall–Kier alpha value is -0.0800. The van der Waals surface area contributed by atoms with Gasteiger partial charge in [-0.05, 0) is 50.9 Å². The fourth-order valence-corrected chi connectivity index (χ4v) is 3.20. The van der Waals surface area contributed by atoms with Crippen LogP contribution in [-0.4, -0.2) is 21.9 Å². The predicted octanol–water partition coefficient (Wildman–Crippen LogP) is 1.55. The molecule has 0 aromatic carbocycles. The van der Waals surface area contributed by atoms with Crippen LogP contribution in [0.25, 0.3) is 0 Å². The van der Waals surface area contributed by atoms with E-state index in [2.05, 4.69) is 0 Å². The maximum Gasteiger partial charge on any atom is 0.0852 e. The zero-order chi connectivity index (χ0) is 9.64. The van der Waals surface area contributed by atoms with Crippen LogP contribution >= 0.6 is 0 Å². The highest BCUT2D eigenvalue weighted by Crippen LogP contribution is 2.50. The zero-order valence-corrected chi connectivity index (χ0v) is 8.53. The van der Waals surface area contributed by atoms with Crippen LogP contribution in [0.15, 0.2) is 0 Å². The van der Waals surface area contributed by atoms with Gasteiger partial charge in [0.15, 0.2) is 0 Å². The molecule has 2 nitrogen and oxygen atoms in total. The van der Waals surface area contributed by atoms with Crippen molar-refractivity contribution in [2.24, 2.45) is 17.8 Å². The molecule has 2 aliphatic carbocycles. The summed E-state index contributed by atoms with van der Waals surface area (Å²) in [4.78, 5) is 0. The summed E-state index contributed by atoms with van der Waals surface area (Å²) in [5.41, 5.74) is -0.921. The molecule has 2 aliphatic rings. The maximum absolute atomic E-state index is 9.96. The summed E-state index contributed by atoms with van der Waals surface area (Å²) in [6.45, 7) is 3.42. The van der Waals surface area contributed by atoms with E-state index < -0.39 is 11.7 Å². The van der Waals surface area contributed by atoms with E-state index in [0.717, 1.165) is 12.3 Å². The summed E-state index contributed by atoms with van der Waals surface area (Å²) in [6.07, 6.45) is 4.51. The van der Waals surface area contributed by atoms with Gasteiger partial charge in [0.05, 0.1) is 11.7 Å². The van der Waals surface area contributed by atoms with Crippen molar-refractivity contribution in [1.82, 2.24) is 0 Å². The first-order chi connectivity index (χ1) is 5.98. The van der Waals surface area contributed by atoms with Crippen molar-refractivity contribution in [3.05, 3.63) is 0 Å². The quantitative estimate of drug-likeness (QED) is 0.683. The van der Waals surface area contributed by atoms with Crippen molar-refractivity contribution in [3.63, 3.8) is 0 Å². The minimum atomic E-state index is -0.921. The molecule has 2 bridgehead atoms. The first-order valence-electron chi connectivity index (χ1n) is 5.39. The molecule has 13 heavy (non-hydrogen) atoms. The molecule has 76 valence electrons. The Kier molecular flexibility index (Phi) is 2.16. The fourth-order valence-electron chi connectivity index (χ4n) is 3.20. The van der Waals surface area contributed by atoms with Gasteiger partial charge in [-0.3, -0.25) is 0 Å². The van der Waals surface area contributed by atoms with E-state index in [1.54, 1.807) is 13.8 Å². The molecule has 2 N–H and O–H groups in total. The third-order valence-electron chi connectivity index (χ3n) is 3.92. The Morgan fingerprint density at radius 2 is 1.92 bits per heavy atom. The third kappa shape index (κ3) is 1.62. The zero-order valence-electron chi connectivity index (χ0n) is 8.53. The van der Waals surface area contributed by atoms with Crippen LogP contribution in [0.5, 0.6) is 0 Å². The minimum absolute atomic E-state index is 0.360. The maximum atomic E-state index is 9.96. The summed E-state index contributed by atoms with van der Waals surface area (Å²) in [5.74, 6) is 1.89. The van der Waals surface area contributed by atoms with E-state index >= 15 is 0 Å². The van der Waals surface area contributed by atoms with Gasteiger partial charge >= 0.3 is 0 Å². The summed E-state index contributed by atoms with van der Waals surface area (Å²) in [6, 6.07) is 0. The first kappa shape index (κ1) is 9.47. The van der Waals surface area contributed by atoms with Crippen LogP contribution in [0.4, 0.5) is 0 Å². The van der Waals surface area contributed by atoms with Crippen LogP contribution in [0, 0.1) is 17.8 Å². The van der Waals surface area contributed by atoms with E-state index in [4.69, 9.17) is 0 Å². The number of fused-ring (bicyclic) bond motifs is 2. The average Bonchev–Trinajstić information content (AvgIpc) is 2.60. The normalized spacial score (nSPS) is 41.1. The molecule has 0 spiro atoms. The van der Waals surface area contributed by atoms with Gasteiger partial charge in [0.1, 0.15) is 0 Å². The molecule has 2 heteroatoms. The Balaban J connectivity index is 2.02. The second kappa shape index (κ2) is 2.96. The topological polar surface area (TPSA) is 40.5 Å². The number of hydrogen-bond donors (Lipinski definition) is 2. The monoisotopic (exact) mass is 184 g/mol. The molecule has 0 aromatic heterocycles. The summed E-state index contributed by atoms with van der Waals surface area (Å²) < 4.78 is 0. The lowest BCUT2D eigenvalue weighted by atomic mass is 9.79. The number of aliphatic hydroxyl groups is 2. The lowest BCUT2D eigenvalue weighted by molar-refractivity contribution is -0.0875. The van der Waals surface area contributed by atoms with E-state index in [9.17, 15) is 10.2 Å². The molecule has 0 aromatic rings. The number of aliphatic hydroxyl groups excluding tert-OH is 1. The molecular formula is C11H20O2. The second-order valence-electron chi connectivity index (χ2n) is 5.44. The standard InChI is InChI=1S/C11H20O2/c1-11(2,13)10(12)9-6-7-3-4-8(9)5-7/h7-10,12-13H,3-6H2,1-2H3. The average molecular weight is 184 g/mol. The van der Waals surface area contributed by atoms with Crippen molar-refractivity contribution >= 4 is 0 Å². The van der Waals surface area contributed by atoms with Gasteiger partial charge in [0, 0.05) is 0 Å². The SMILES string of the molecule is CC(C)(O)C(O)C1CC2CCC1C2. The smallest absolute Gasteiger partial charge is 0.0852 e. The summed E-state index contributed by atoms with van der Waals surface area (Å²) in [5, 5.41) is 19.7. The molecule has 0 amide bonds. The second-order valence-corrected chi connectivity index (χ2v) is 5.44. The van der Waals surface area contributed by atoms with Crippen molar-refractivity contribution in [2.45, 2.75) is 51.2 Å². The minimum Gasteiger partial charge on any atom is -0.390 e. The fraction of sp³-hybridized carbons (Fsp3) is 1.00. The Bertz CT molecular complexity index is 195. The van der Waals surface area contributed by atoms with Gasteiger partial charge in [-0.2, -0.15) is 0 Å². The first-order valence-corrected chi connectivity index (χ1v) is 5.39. The molecule has 4 unspecified atom stereocenters. The van der Waals surface area contributed by atoms with Crippen LogP contribution in [0.1, 0.15) is 39.5 Å². The molecule has 2 saturated carbocycles. The van der Waals surface area contributed by atoms with Crippen molar-refractivity contribution in [2.75, 3.05) is 0 Å². The van der Waals surface area contributed by atoms with E-state index in [1.807, 2.05) is 0 Å². The highest BCUT2D eigenvalue weighted by atomic mass is 16.3. The predicted molar refractivity (Wildman–Crippen MR) is 51.2 cm³/mol.